The highest BCUT2D eigenvalue weighted by atomic mass is 32.1. The molecule has 6 heteroatoms. The fourth-order valence-electron chi connectivity index (χ4n) is 3.28. The van der Waals surface area contributed by atoms with Crippen LogP contribution in [0.4, 0.5) is 0 Å². The van der Waals surface area contributed by atoms with E-state index in [1.165, 1.54) is 16.9 Å². The number of fused-ring (bicyclic) bond motifs is 3. The zero-order chi connectivity index (χ0) is 17.4. The van der Waals surface area contributed by atoms with E-state index in [9.17, 15) is 9.59 Å². The molecule has 0 saturated heterocycles. The van der Waals surface area contributed by atoms with Gasteiger partial charge in [-0.3, -0.25) is 4.79 Å². The molecule has 2 aromatic heterocycles. The molecule has 1 N–H and O–H groups in total. The van der Waals surface area contributed by atoms with E-state index < -0.39 is 0 Å². The van der Waals surface area contributed by atoms with Gasteiger partial charge >= 0.3 is 5.97 Å². The van der Waals surface area contributed by atoms with Gasteiger partial charge in [0.1, 0.15) is 10.7 Å². The van der Waals surface area contributed by atoms with Crippen LogP contribution < -0.4 is 5.56 Å². The number of carbonyl (C=O) groups is 1. The van der Waals surface area contributed by atoms with Gasteiger partial charge in [0.25, 0.3) is 5.56 Å². The minimum absolute atomic E-state index is 0.0751. The van der Waals surface area contributed by atoms with Crippen LogP contribution in [0.25, 0.3) is 21.6 Å². The summed E-state index contributed by atoms with van der Waals surface area (Å²) in [7, 11) is 0. The third-order valence-corrected chi connectivity index (χ3v) is 5.68. The summed E-state index contributed by atoms with van der Waals surface area (Å²) in [6.07, 6.45) is 4.32. The van der Waals surface area contributed by atoms with Gasteiger partial charge in [-0.05, 0) is 50.3 Å². The molecule has 4 rings (SSSR count). The Labute approximate surface area is 148 Å². The number of esters is 1. The van der Waals surface area contributed by atoms with Crippen molar-refractivity contribution >= 4 is 27.5 Å². The molecule has 0 amide bonds. The Hall–Kier alpha value is -2.47. The number of ether oxygens (including phenoxy) is 1. The number of aromatic nitrogens is 2. The summed E-state index contributed by atoms with van der Waals surface area (Å²) in [4.78, 5) is 34.0. The van der Waals surface area contributed by atoms with Crippen molar-refractivity contribution in [2.75, 3.05) is 6.61 Å². The number of aromatic amines is 1. The maximum atomic E-state index is 12.6. The van der Waals surface area contributed by atoms with Crippen molar-refractivity contribution in [3.63, 3.8) is 0 Å². The highest BCUT2D eigenvalue weighted by Gasteiger charge is 2.20. The predicted octanol–water partition coefficient (Wildman–Crippen LogP) is 3.71. The van der Waals surface area contributed by atoms with Crippen molar-refractivity contribution in [1.29, 1.82) is 0 Å². The number of rotatable bonds is 3. The van der Waals surface area contributed by atoms with E-state index in [0.29, 0.717) is 18.0 Å². The zero-order valence-corrected chi connectivity index (χ0v) is 14.7. The largest absolute Gasteiger partial charge is 0.462 e. The summed E-state index contributed by atoms with van der Waals surface area (Å²) in [6, 6.07) is 6.95. The molecule has 25 heavy (non-hydrogen) atoms. The van der Waals surface area contributed by atoms with E-state index in [1.807, 2.05) is 0 Å². The lowest BCUT2D eigenvalue weighted by molar-refractivity contribution is 0.0526. The molecule has 0 unspecified atom stereocenters. The van der Waals surface area contributed by atoms with Gasteiger partial charge in [-0.1, -0.05) is 12.1 Å². The smallest absolute Gasteiger partial charge is 0.338 e. The minimum Gasteiger partial charge on any atom is -0.462 e. The van der Waals surface area contributed by atoms with Crippen LogP contribution in [-0.4, -0.2) is 22.5 Å². The quantitative estimate of drug-likeness (QED) is 0.728. The van der Waals surface area contributed by atoms with Gasteiger partial charge in [0.15, 0.2) is 0 Å². The first-order valence-corrected chi connectivity index (χ1v) is 9.31. The number of thiophene rings is 1. The van der Waals surface area contributed by atoms with E-state index in [4.69, 9.17) is 4.74 Å². The van der Waals surface area contributed by atoms with Crippen molar-refractivity contribution in [2.24, 2.45) is 0 Å². The standard InChI is InChI=1S/C19H18N2O3S/c1-2-24-19(23)12-9-7-11(8-10-12)16-20-17(22)15-13-5-3-4-6-14(13)25-18(15)21-16/h7-10H,2-6H2,1H3,(H,20,21,22). The van der Waals surface area contributed by atoms with Crippen molar-refractivity contribution in [3.8, 4) is 11.4 Å². The van der Waals surface area contributed by atoms with E-state index >= 15 is 0 Å². The van der Waals surface area contributed by atoms with Crippen LogP contribution in [0.3, 0.4) is 0 Å². The van der Waals surface area contributed by atoms with Gasteiger partial charge in [0.2, 0.25) is 0 Å². The summed E-state index contributed by atoms with van der Waals surface area (Å²) in [5.41, 5.74) is 2.37. The van der Waals surface area contributed by atoms with Crippen LogP contribution >= 0.6 is 11.3 Å². The fourth-order valence-corrected chi connectivity index (χ4v) is 4.54. The molecule has 0 bridgehead atoms. The lowest BCUT2D eigenvalue weighted by atomic mass is 9.97. The molecule has 0 atom stereocenters. The molecular weight excluding hydrogens is 336 g/mol. The lowest BCUT2D eigenvalue weighted by Crippen LogP contribution is -2.11. The molecule has 1 aliphatic carbocycles. The second kappa shape index (κ2) is 6.44. The molecule has 3 aromatic rings. The highest BCUT2D eigenvalue weighted by Crippen LogP contribution is 2.34. The number of benzene rings is 1. The van der Waals surface area contributed by atoms with Crippen LogP contribution in [0.1, 0.15) is 40.6 Å². The number of carbonyl (C=O) groups excluding carboxylic acids is 1. The fraction of sp³-hybridized carbons (Fsp3) is 0.316. The third-order valence-electron chi connectivity index (χ3n) is 4.49. The van der Waals surface area contributed by atoms with Crippen LogP contribution in [-0.2, 0) is 17.6 Å². The van der Waals surface area contributed by atoms with Crippen molar-refractivity contribution in [3.05, 3.63) is 50.6 Å². The third kappa shape index (κ3) is 2.87. The molecule has 0 aliphatic heterocycles. The van der Waals surface area contributed by atoms with Crippen LogP contribution in [0.5, 0.6) is 0 Å². The highest BCUT2D eigenvalue weighted by molar-refractivity contribution is 7.18. The molecule has 0 radical (unpaired) electrons. The number of H-pyrrole nitrogens is 1. The molecular formula is C19H18N2O3S. The van der Waals surface area contributed by atoms with Crippen molar-refractivity contribution in [2.45, 2.75) is 32.6 Å². The molecule has 128 valence electrons. The summed E-state index contributed by atoms with van der Waals surface area (Å²) in [6.45, 7) is 2.12. The number of nitrogens with one attached hydrogen (secondary N) is 1. The van der Waals surface area contributed by atoms with E-state index in [1.54, 1.807) is 42.5 Å². The monoisotopic (exact) mass is 354 g/mol. The van der Waals surface area contributed by atoms with Crippen molar-refractivity contribution < 1.29 is 9.53 Å². The molecule has 1 aromatic carbocycles. The molecule has 0 fully saturated rings. The summed E-state index contributed by atoms with van der Waals surface area (Å²) < 4.78 is 4.99. The maximum absolute atomic E-state index is 12.6. The van der Waals surface area contributed by atoms with Gasteiger partial charge in [-0.2, -0.15) is 0 Å². The predicted molar refractivity (Wildman–Crippen MR) is 98.3 cm³/mol. The van der Waals surface area contributed by atoms with Crippen molar-refractivity contribution in [1.82, 2.24) is 9.97 Å². The average molecular weight is 354 g/mol. The maximum Gasteiger partial charge on any atom is 0.338 e. The Morgan fingerprint density at radius 1 is 1.24 bits per heavy atom. The second-order valence-electron chi connectivity index (χ2n) is 6.10. The first-order valence-electron chi connectivity index (χ1n) is 8.49. The summed E-state index contributed by atoms with van der Waals surface area (Å²) in [5, 5.41) is 0.756. The Kier molecular flexibility index (Phi) is 4.13. The van der Waals surface area contributed by atoms with E-state index in [-0.39, 0.29) is 11.5 Å². The Bertz CT molecular complexity index is 1000. The first kappa shape index (κ1) is 16.0. The number of hydrogen-bond donors (Lipinski definition) is 1. The normalized spacial score (nSPS) is 13.6. The number of nitrogens with zero attached hydrogens (tertiary/aromatic N) is 1. The summed E-state index contributed by atoms with van der Waals surface area (Å²) >= 11 is 1.63. The first-order chi connectivity index (χ1) is 12.2. The zero-order valence-electron chi connectivity index (χ0n) is 13.9. The van der Waals surface area contributed by atoms with Crippen LogP contribution in [0.2, 0.25) is 0 Å². The molecule has 2 heterocycles. The SMILES string of the molecule is CCOC(=O)c1ccc(-c2nc3sc4c(c3c(=O)[nH]2)CCCC4)cc1. The Balaban J connectivity index is 1.74. The minimum atomic E-state index is -0.350. The Morgan fingerprint density at radius 2 is 2.00 bits per heavy atom. The molecule has 0 saturated carbocycles. The number of aryl methyl sites for hydroxylation is 2. The van der Waals surface area contributed by atoms with Gasteiger partial charge < -0.3 is 9.72 Å². The second-order valence-corrected chi connectivity index (χ2v) is 7.19. The van der Waals surface area contributed by atoms with Crippen LogP contribution in [0.15, 0.2) is 29.1 Å². The van der Waals surface area contributed by atoms with Gasteiger partial charge in [0, 0.05) is 10.4 Å². The average Bonchev–Trinajstić information content (AvgIpc) is 3.01. The molecule has 0 spiro atoms. The summed E-state index contributed by atoms with van der Waals surface area (Å²) in [5.74, 6) is 0.184. The van der Waals surface area contributed by atoms with Gasteiger partial charge in [-0.15, -0.1) is 11.3 Å². The van der Waals surface area contributed by atoms with Gasteiger partial charge in [0.05, 0.1) is 17.6 Å². The Morgan fingerprint density at radius 3 is 2.76 bits per heavy atom. The molecule has 1 aliphatic rings. The topological polar surface area (TPSA) is 72.0 Å². The van der Waals surface area contributed by atoms with Gasteiger partial charge in [-0.25, -0.2) is 9.78 Å². The molecule has 5 nitrogen and oxygen atoms in total. The number of hydrogen-bond acceptors (Lipinski definition) is 5. The van der Waals surface area contributed by atoms with Crippen LogP contribution in [0, 0.1) is 0 Å². The van der Waals surface area contributed by atoms with E-state index in [2.05, 4.69) is 9.97 Å². The lowest BCUT2D eigenvalue weighted by Gasteiger charge is -2.09. The van der Waals surface area contributed by atoms with E-state index in [0.717, 1.165) is 35.0 Å².